The van der Waals surface area contributed by atoms with E-state index in [0.29, 0.717) is 5.02 Å². The smallest absolute Gasteiger partial charge is 0.137 e. The summed E-state index contributed by atoms with van der Waals surface area (Å²) in [5.41, 5.74) is 1.44. The number of methoxy groups -OCH3 is 1. The Morgan fingerprint density at radius 1 is 1.17 bits per heavy atom. The number of halogens is 1. The fraction of sp³-hybridized carbons (Fsp3) is 0.600. The van der Waals surface area contributed by atoms with Crippen molar-refractivity contribution in [3.8, 4) is 5.75 Å². The van der Waals surface area contributed by atoms with Gasteiger partial charge in [0.05, 0.1) is 12.1 Å². The number of ether oxygens (including phenoxy) is 1. The summed E-state index contributed by atoms with van der Waals surface area (Å²) in [4.78, 5) is 0. The Hall–Kier alpha value is -0.730. The van der Waals surface area contributed by atoms with Crippen LogP contribution in [0.15, 0.2) is 18.2 Å². The van der Waals surface area contributed by atoms with Crippen LogP contribution in [0.25, 0.3) is 0 Å². The van der Waals surface area contributed by atoms with Crippen LogP contribution in [0.3, 0.4) is 0 Å². The molecule has 0 bridgehead atoms. The summed E-state index contributed by atoms with van der Waals surface area (Å²) < 4.78 is 5.16. The van der Waals surface area contributed by atoms with Crippen LogP contribution in [0.2, 0.25) is 5.02 Å². The Labute approximate surface area is 116 Å². The number of hydrogen-bond donors (Lipinski definition) is 1. The molecule has 2 nitrogen and oxygen atoms in total. The van der Waals surface area contributed by atoms with Gasteiger partial charge in [-0.2, -0.15) is 0 Å². The molecule has 1 rings (SSSR count). The van der Waals surface area contributed by atoms with Gasteiger partial charge in [-0.25, -0.2) is 0 Å². The maximum atomic E-state index is 6.13. The molecule has 0 fully saturated rings. The summed E-state index contributed by atoms with van der Waals surface area (Å²) in [6, 6.07) is 5.95. The molecule has 0 aliphatic carbocycles. The van der Waals surface area contributed by atoms with Crippen molar-refractivity contribution in [1.82, 2.24) is 5.32 Å². The molecule has 1 aromatic rings. The van der Waals surface area contributed by atoms with Crippen molar-refractivity contribution < 1.29 is 4.74 Å². The first-order chi connectivity index (χ1) is 8.60. The molecule has 3 heteroatoms. The maximum absolute atomic E-state index is 6.13. The third-order valence-electron chi connectivity index (χ3n) is 3.91. The molecule has 0 aliphatic heterocycles. The quantitative estimate of drug-likeness (QED) is 0.792. The van der Waals surface area contributed by atoms with Crippen LogP contribution in [0.1, 0.15) is 45.6 Å². The zero-order valence-corrected chi connectivity index (χ0v) is 12.6. The Kier molecular flexibility index (Phi) is 5.97. The first kappa shape index (κ1) is 15.3. The third kappa shape index (κ3) is 3.63. The van der Waals surface area contributed by atoms with Crippen molar-refractivity contribution >= 4 is 11.6 Å². The molecule has 0 spiro atoms. The van der Waals surface area contributed by atoms with Gasteiger partial charge in [-0.3, -0.25) is 0 Å². The molecule has 0 aromatic heterocycles. The van der Waals surface area contributed by atoms with Crippen LogP contribution in [-0.4, -0.2) is 12.6 Å². The van der Waals surface area contributed by atoms with Gasteiger partial charge in [0.15, 0.2) is 0 Å². The fourth-order valence-electron chi connectivity index (χ4n) is 2.23. The number of hydrogen-bond acceptors (Lipinski definition) is 2. The topological polar surface area (TPSA) is 21.3 Å². The first-order valence-electron chi connectivity index (χ1n) is 6.68. The summed E-state index contributed by atoms with van der Waals surface area (Å²) in [5, 5.41) is 4.34. The molecule has 0 radical (unpaired) electrons. The predicted molar refractivity (Wildman–Crippen MR) is 78.4 cm³/mol. The molecule has 0 unspecified atom stereocenters. The summed E-state index contributed by atoms with van der Waals surface area (Å²) in [5.74, 6) is 0.730. The van der Waals surface area contributed by atoms with Gasteiger partial charge in [-0.15, -0.1) is 0 Å². The van der Waals surface area contributed by atoms with Crippen molar-refractivity contribution in [2.75, 3.05) is 7.11 Å². The van der Waals surface area contributed by atoms with Gasteiger partial charge in [0.2, 0.25) is 0 Å². The lowest BCUT2D eigenvalue weighted by atomic mass is 9.89. The highest BCUT2D eigenvalue weighted by Gasteiger charge is 2.22. The minimum absolute atomic E-state index is 0.242. The second-order valence-corrected chi connectivity index (χ2v) is 5.07. The van der Waals surface area contributed by atoms with Gasteiger partial charge in [0.1, 0.15) is 5.75 Å². The van der Waals surface area contributed by atoms with Crippen LogP contribution >= 0.6 is 11.6 Å². The maximum Gasteiger partial charge on any atom is 0.137 e. The average molecular weight is 270 g/mol. The number of nitrogens with one attached hydrogen (secondary N) is 1. The molecular weight excluding hydrogens is 246 g/mol. The van der Waals surface area contributed by atoms with Crippen molar-refractivity contribution in [3.05, 3.63) is 28.8 Å². The zero-order chi connectivity index (χ0) is 13.6. The average Bonchev–Trinajstić information content (AvgIpc) is 2.41. The Morgan fingerprint density at radius 2 is 1.78 bits per heavy atom. The molecular formula is C15H24ClNO. The standard InChI is InChI=1S/C15H24ClNO/c1-5-15(6-2,7-3)17-11-12-8-9-14(18-4)13(16)10-12/h8-10,17H,5-7,11H2,1-4H3. The molecule has 102 valence electrons. The molecule has 1 aromatic carbocycles. The third-order valence-corrected chi connectivity index (χ3v) is 4.21. The van der Waals surface area contributed by atoms with Crippen molar-refractivity contribution in [1.29, 1.82) is 0 Å². The van der Waals surface area contributed by atoms with E-state index < -0.39 is 0 Å². The van der Waals surface area contributed by atoms with E-state index in [0.717, 1.165) is 31.6 Å². The largest absolute Gasteiger partial charge is 0.495 e. The normalized spacial score (nSPS) is 11.6. The number of benzene rings is 1. The Bertz CT molecular complexity index is 366. The van der Waals surface area contributed by atoms with Gasteiger partial charge in [0, 0.05) is 12.1 Å². The van der Waals surface area contributed by atoms with Gasteiger partial charge in [-0.05, 0) is 37.0 Å². The second kappa shape index (κ2) is 7.01. The molecule has 0 saturated carbocycles. The van der Waals surface area contributed by atoms with E-state index in [4.69, 9.17) is 16.3 Å². The molecule has 0 atom stereocenters. The summed E-state index contributed by atoms with van der Waals surface area (Å²) in [7, 11) is 1.63. The van der Waals surface area contributed by atoms with Crippen LogP contribution in [0.4, 0.5) is 0 Å². The van der Waals surface area contributed by atoms with E-state index >= 15 is 0 Å². The lowest BCUT2D eigenvalue weighted by Crippen LogP contribution is -2.43. The second-order valence-electron chi connectivity index (χ2n) is 4.66. The Morgan fingerprint density at radius 3 is 2.22 bits per heavy atom. The van der Waals surface area contributed by atoms with Crippen LogP contribution in [0, 0.1) is 0 Å². The molecule has 0 saturated heterocycles. The van der Waals surface area contributed by atoms with E-state index in [2.05, 4.69) is 32.2 Å². The van der Waals surface area contributed by atoms with E-state index in [1.165, 1.54) is 5.56 Å². The van der Waals surface area contributed by atoms with Crippen molar-refractivity contribution in [2.24, 2.45) is 0 Å². The fourth-order valence-corrected chi connectivity index (χ4v) is 2.51. The minimum atomic E-state index is 0.242. The summed E-state index contributed by atoms with van der Waals surface area (Å²) >= 11 is 6.13. The van der Waals surface area contributed by atoms with E-state index in [-0.39, 0.29) is 5.54 Å². The van der Waals surface area contributed by atoms with Crippen molar-refractivity contribution in [3.63, 3.8) is 0 Å². The van der Waals surface area contributed by atoms with Gasteiger partial charge >= 0.3 is 0 Å². The molecule has 0 aliphatic rings. The highest BCUT2D eigenvalue weighted by molar-refractivity contribution is 6.32. The highest BCUT2D eigenvalue weighted by atomic mass is 35.5. The summed E-state index contributed by atoms with van der Waals surface area (Å²) in [6.45, 7) is 7.56. The molecule has 0 amide bonds. The van der Waals surface area contributed by atoms with E-state index in [9.17, 15) is 0 Å². The summed E-state index contributed by atoms with van der Waals surface area (Å²) in [6.07, 6.45) is 3.43. The molecule has 1 N–H and O–H groups in total. The lowest BCUT2D eigenvalue weighted by Gasteiger charge is -2.32. The van der Waals surface area contributed by atoms with Crippen molar-refractivity contribution in [2.45, 2.75) is 52.1 Å². The van der Waals surface area contributed by atoms with Crippen LogP contribution < -0.4 is 10.1 Å². The van der Waals surface area contributed by atoms with Crippen LogP contribution in [0.5, 0.6) is 5.75 Å². The van der Waals surface area contributed by atoms with Crippen LogP contribution in [-0.2, 0) is 6.54 Å². The van der Waals surface area contributed by atoms with Gasteiger partial charge < -0.3 is 10.1 Å². The molecule has 18 heavy (non-hydrogen) atoms. The van der Waals surface area contributed by atoms with E-state index in [1.54, 1.807) is 7.11 Å². The predicted octanol–water partition coefficient (Wildman–Crippen LogP) is 4.41. The van der Waals surface area contributed by atoms with Gasteiger partial charge in [0.25, 0.3) is 0 Å². The SMILES string of the molecule is CCC(CC)(CC)NCc1ccc(OC)c(Cl)c1. The van der Waals surface area contributed by atoms with Gasteiger partial charge in [-0.1, -0.05) is 38.4 Å². The monoisotopic (exact) mass is 269 g/mol. The highest BCUT2D eigenvalue weighted by Crippen LogP contribution is 2.26. The number of rotatable bonds is 7. The minimum Gasteiger partial charge on any atom is -0.495 e. The lowest BCUT2D eigenvalue weighted by molar-refractivity contribution is 0.288. The Balaban J connectivity index is 2.71. The zero-order valence-electron chi connectivity index (χ0n) is 11.8. The molecule has 0 heterocycles. The first-order valence-corrected chi connectivity index (χ1v) is 7.06. The van der Waals surface area contributed by atoms with E-state index in [1.807, 2.05) is 12.1 Å².